The molecule has 0 aromatic heterocycles. The van der Waals surface area contributed by atoms with E-state index in [1.54, 1.807) is 19.9 Å². The summed E-state index contributed by atoms with van der Waals surface area (Å²) in [7, 11) is 0. The van der Waals surface area contributed by atoms with Crippen LogP contribution in [0.3, 0.4) is 0 Å². The van der Waals surface area contributed by atoms with Crippen molar-refractivity contribution in [1.29, 1.82) is 0 Å². The Morgan fingerprint density at radius 2 is 1.85 bits per heavy atom. The molecule has 0 aliphatic rings. The van der Waals surface area contributed by atoms with E-state index in [1.165, 1.54) is 0 Å². The third-order valence-corrected chi connectivity index (χ3v) is 2.23. The van der Waals surface area contributed by atoms with Crippen LogP contribution in [0.1, 0.15) is 27.7 Å². The van der Waals surface area contributed by atoms with E-state index in [2.05, 4.69) is 22.5 Å². The summed E-state index contributed by atoms with van der Waals surface area (Å²) in [5.74, 6) is 0. The Labute approximate surface area is 89.0 Å². The third kappa shape index (κ3) is 4.44. The fraction of sp³-hybridized carbons (Fsp3) is 0.455. The van der Waals surface area contributed by atoms with Gasteiger partial charge in [0.15, 0.2) is 0 Å². The van der Waals surface area contributed by atoms with E-state index < -0.39 is 5.60 Å². The lowest BCUT2D eigenvalue weighted by molar-refractivity contribution is 0.122. The third-order valence-electron chi connectivity index (χ3n) is 1.68. The van der Waals surface area contributed by atoms with Gasteiger partial charge in [0.2, 0.25) is 0 Å². The molecular formula is C11H17BrO. The van der Waals surface area contributed by atoms with Gasteiger partial charge in [-0.05, 0) is 39.3 Å². The smallest absolute Gasteiger partial charge is 0.0840 e. The second kappa shape index (κ2) is 4.77. The van der Waals surface area contributed by atoms with E-state index in [1.807, 2.05) is 19.9 Å². The van der Waals surface area contributed by atoms with Gasteiger partial charge >= 0.3 is 0 Å². The maximum Gasteiger partial charge on any atom is 0.0840 e. The first-order valence-corrected chi connectivity index (χ1v) is 4.98. The molecule has 74 valence electrons. The van der Waals surface area contributed by atoms with Crippen LogP contribution in [-0.4, -0.2) is 10.7 Å². The molecule has 0 saturated carbocycles. The van der Waals surface area contributed by atoms with Crippen molar-refractivity contribution in [2.24, 2.45) is 0 Å². The van der Waals surface area contributed by atoms with Crippen molar-refractivity contribution >= 4 is 15.9 Å². The lowest BCUT2D eigenvalue weighted by Crippen LogP contribution is -2.21. The monoisotopic (exact) mass is 244 g/mol. The number of hydrogen-bond acceptors (Lipinski definition) is 1. The Morgan fingerprint density at radius 3 is 2.08 bits per heavy atom. The minimum Gasteiger partial charge on any atom is -0.386 e. The lowest BCUT2D eigenvalue weighted by Gasteiger charge is -2.21. The molecule has 13 heavy (non-hydrogen) atoms. The SMILES string of the molecule is C=C/C(Br)=C\C(=C(C)C)C(C)(C)O. The number of halogens is 1. The van der Waals surface area contributed by atoms with Crippen LogP contribution in [0.25, 0.3) is 0 Å². The predicted octanol–water partition coefficient (Wildman–Crippen LogP) is 3.56. The van der Waals surface area contributed by atoms with Crippen LogP contribution >= 0.6 is 15.9 Å². The summed E-state index contributed by atoms with van der Waals surface area (Å²) in [6, 6.07) is 0. The van der Waals surface area contributed by atoms with E-state index >= 15 is 0 Å². The summed E-state index contributed by atoms with van der Waals surface area (Å²) in [5.41, 5.74) is 1.21. The highest BCUT2D eigenvalue weighted by Crippen LogP contribution is 2.23. The maximum absolute atomic E-state index is 9.83. The van der Waals surface area contributed by atoms with E-state index in [9.17, 15) is 5.11 Å². The van der Waals surface area contributed by atoms with Crippen LogP contribution in [0.15, 0.2) is 34.4 Å². The summed E-state index contributed by atoms with van der Waals surface area (Å²) in [6.45, 7) is 11.1. The highest BCUT2D eigenvalue weighted by atomic mass is 79.9. The molecule has 0 aromatic rings. The van der Waals surface area contributed by atoms with Crippen molar-refractivity contribution in [3.05, 3.63) is 34.4 Å². The Kier molecular flexibility index (Phi) is 4.65. The highest BCUT2D eigenvalue weighted by molar-refractivity contribution is 9.11. The first-order chi connectivity index (χ1) is 5.79. The average molecular weight is 245 g/mol. The zero-order valence-corrected chi connectivity index (χ0v) is 10.3. The van der Waals surface area contributed by atoms with E-state index in [-0.39, 0.29) is 0 Å². The average Bonchev–Trinajstić information content (AvgIpc) is 1.96. The summed E-state index contributed by atoms with van der Waals surface area (Å²) in [4.78, 5) is 0. The highest BCUT2D eigenvalue weighted by Gasteiger charge is 2.18. The van der Waals surface area contributed by atoms with Crippen molar-refractivity contribution < 1.29 is 5.11 Å². The summed E-state index contributed by atoms with van der Waals surface area (Å²) in [6.07, 6.45) is 3.59. The molecule has 0 spiro atoms. The zero-order valence-electron chi connectivity index (χ0n) is 8.69. The predicted molar refractivity (Wildman–Crippen MR) is 61.9 cm³/mol. The molecule has 0 atom stereocenters. The minimum absolute atomic E-state index is 0.805. The van der Waals surface area contributed by atoms with E-state index in [0.717, 1.165) is 15.6 Å². The minimum atomic E-state index is -0.805. The molecule has 0 rings (SSSR count). The molecule has 2 heteroatoms. The van der Waals surface area contributed by atoms with Gasteiger partial charge in [0, 0.05) is 4.48 Å². The van der Waals surface area contributed by atoms with Crippen LogP contribution < -0.4 is 0 Å². The first-order valence-electron chi connectivity index (χ1n) is 4.19. The molecule has 0 amide bonds. The molecule has 0 heterocycles. The lowest BCUT2D eigenvalue weighted by atomic mass is 9.94. The summed E-state index contributed by atoms with van der Waals surface area (Å²) < 4.78 is 0.880. The molecule has 0 bridgehead atoms. The summed E-state index contributed by atoms with van der Waals surface area (Å²) in [5, 5.41) is 9.83. The van der Waals surface area contributed by atoms with Crippen LogP contribution in [0, 0.1) is 0 Å². The van der Waals surface area contributed by atoms with Gasteiger partial charge in [0.05, 0.1) is 5.60 Å². The van der Waals surface area contributed by atoms with Gasteiger partial charge in [-0.1, -0.05) is 34.2 Å². The molecule has 0 saturated heterocycles. The Bertz CT molecular complexity index is 250. The van der Waals surface area contributed by atoms with Gasteiger partial charge in [0.1, 0.15) is 0 Å². The molecule has 0 aliphatic heterocycles. The molecule has 0 fully saturated rings. The molecule has 0 aromatic carbocycles. The molecule has 1 nitrogen and oxygen atoms in total. The van der Waals surface area contributed by atoms with Crippen molar-refractivity contribution in [3.8, 4) is 0 Å². The van der Waals surface area contributed by atoms with Crippen LogP contribution in [0.5, 0.6) is 0 Å². The quantitative estimate of drug-likeness (QED) is 0.754. The number of rotatable bonds is 3. The van der Waals surface area contributed by atoms with Crippen molar-refractivity contribution in [2.75, 3.05) is 0 Å². The molecule has 0 aliphatic carbocycles. The topological polar surface area (TPSA) is 20.2 Å². The first kappa shape index (κ1) is 12.7. The zero-order chi connectivity index (χ0) is 10.6. The number of allylic oxidation sites excluding steroid dienone is 3. The largest absolute Gasteiger partial charge is 0.386 e. The van der Waals surface area contributed by atoms with Gasteiger partial charge < -0.3 is 5.11 Å². The van der Waals surface area contributed by atoms with E-state index in [0.29, 0.717) is 0 Å². The van der Waals surface area contributed by atoms with Crippen LogP contribution in [0.4, 0.5) is 0 Å². The van der Waals surface area contributed by atoms with Gasteiger partial charge in [-0.15, -0.1) is 0 Å². The normalized spacial score (nSPS) is 12.6. The fourth-order valence-electron chi connectivity index (χ4n) is 1.13. The Morgan fingerprint density at radius 1 is 1.38 bits per heavy atom. The van der Waals surface area contributed by atoms with Crippen molar-refractivity contribution in [1.82, 2.24) is 0 Å². The van der Waals surface area contributed by atoms with Gasteiger partial charge in [0.25, 0.3) is 0 Å². The van der Waals surface area contributed by atoms with Crippen molar-refractivity contribution in [2.45, 2.75) is 33.3 Å². The van der Waals surface area contributed by atoms with Crippen molar-refractivity contribution in [3.63, 3.8) is 0 Å². The summed E-state index contributed by atoms with van der Waals surface area (Å²) >= 11 is 3.34. The van der Waals surface area contributed by atoms with Crippen LogP contribution in [0.2, 0.25) is 0 Å². The number of aliphatic hydroxyl groups is 1. The number of hydrogen-bond donors (Lipinski definition) is 1. The molecule has 0 radical (unpaired) electrons. The molecular weight excluding hydrogens is 228 g/mol. The Hall–Kier alpha value is -0.340. The standard InChI is InChI=1S/C11H17BrO/c1-6-9(12)7-10(8(2)3)11(4,5)13/h6-7,13H,1H2,2-5H3/b9-7+. The van der Waals surface area contributed by atoms with Crippen LogP contribution in [-0.2, 0) is 0 Å². The molecule has 1 N–H and O–H groups in total. The maximum atomic E-state index is 9.83. The Balaban J connectivity index is 5.11. The van der Waals surface area contributed by atoms with E-state index in [4.69, 9.17) is 0 Å². The second-order valence-corrected chi connectivity index (χ2v) is 4.62. The fourth-order valence-corrected chi connectivity index (χ4v) is 1.36. The van der Waals surface area contributed by atoms with Gasteiger partial charge in [-0.25, -0.2) is 0 Å². The molecule has 0 unspecified atom stereocenters. The van der Waals surface area contributed by atoms with Gasteiger partial charge in [-0.3, -0.25) is 0 Å². The second-order valence-electron chi connectivity index (χ2n) is 3.71. The van der Waals surface area contributed by atoms with Gasteiger partial charge in [-0.2, -0.15) is 0 Å².